The van der Waals surface area contributed by atoms with Crippen LogP contribution >= 0.6 is 0 Å². The van der Waals surface area contributed by atoms with Crippen LogP contribution < -0.4 is 5.73 Å². The van der Waals surface area contributed by atoms with Crippen LogP contribution in [0.5, 0.6) is 5.75 Å². The number of phenolic OH excluding ortho intramolecular Hbond substituents is 1. The molecular weight excluding hydrogens is 202 g/mol. The lowest BCUT2D eigenvalue weighted by Crippen LogP contribution is -2.31. The molecule has 0 aliphatic carbocycles. The van der Waals surface area contributed by atoms with Gasteiger partial charge in [-0.3, -0.25) is 0 Å². The lowest BCUT2D eigenvalue weighted by atomic mass is 9.93. The third-order valence-electron chi connectivity index (χ3n) is 2.98. The highest BCUT2D eigenvalue weighted by atomic mass is 16.3. The van der Waals surface area contributed by atoms with Gasteiger partial charge in [0, 0.05) is 25.1 Å². The van der Waals surface area contributed by atoms with Crippen LogP contribution in [0.1, 0.15) is 19.7 Å². The number of rotatable bonds is 2. The van der Waals surface area contributed by atoms with Gasteiger partial charge in [0.25, 0.3) is 0 Å². The monoisotopic (exact) mass is 219 g/mol. The molecule has 0 saturated carbocycles. The van der Waals surface area contributed by atoms with E-state index in [1.807, 2.05) is 17.7 Å². The Hall–Kier alpha value is -1.55. The first-order valence-electron chi connectivity index (χ1n) is 5.32. The van der Waals surface area contributed by atoms with E-state index in [1.54, 1.807) is 12.1 Å². The van der Waals surface area contributed by atoms with Crippen LogP contribution in [0, 0.1) is 0 Å². The van der Waals surface area contributed by atoms with E-state index in [4.69, 9.17) is 5.73 Å². The van der Waals surface area contributed by atoms with Gasteiger partial charge in [-0.25, -0.2) is 4.98 Å². The summed E-state index contributed by atoms with van der Waals surface area (Å²) in [6.45, 7) is 4.66. The SMILES string of the molecule is Cn1c(C(C)(C)CN)nc2ccc(O)cc21. The fraction of sp³-hybridized carbons (Fsp3) is 0.417. The predicted octanol–water partition coefficient (Wildman–Crippen LogP) is 1.52. The maximum atomic E-state index is 9.46. The number of benzene rings is 1. The molecule has 1 aromatic heterocycles. The Morgan fingerprint density at radius 2 is 2.12 bits per heavy atom. The zero-order valence-electron chi connectivity index (χ0n) is 9.86. The smallest absolute Gasteiger partial charge is 0.117 e. The van der Waals surface area contributed by atoms with E-state index in [9.17, 15) is 5.11 Å². The van der Waals surface area contributed by atoms with Gasteiger partial charge in [-0.2, -0.15) is 0 Å². The molecule has 0 aliphatic heterocycles. The fourth-order valence-electron chi connectivity index (χ4n) is 1.87. The number of imidazole rings is 1. The van der Waals surface area contributed by atoms with Crippen LogP contribution in [0.15, 0.2) is 18.2 Å². The van der Waals surface area contributed by atoms with E-state index < -0.39 is 0 Å². The first kappa shape index (κ1) is 11.0. The van der Waals surface area contributed by atoms with Crippen molar-refractivity contribution >= 4 is 11.0 Å². The number of hydrogen-bond acceptors (Lipinski definition) is 3. The molecule has 4 heteroatoms. The quantitative estimate of drug-likeness (QED) is 0.804. The molecule has 4 nitrogen and oxygen atoms in total. The molecule has 0 unspecified atom stereocenters. The zero-order valence-corrected chi connectivity index (χ0v) is 9.86. The van der Waals surface area contributed by atoms with E-state index in [2.05, 4.69) is 18.8 Å². The van der Waals surface area contributed by atoms with Crippen molar-refractivity contribution in [2.45, 2.75) is 19.3 Å². The van der Waals surface area contributed by atoms with Crippen molar-refractivity contribution in [3.63, 3.8) is 0 Å². The molecule has 1 aromatic carbocycles. The molecule has 0 radical (unpaired) electrons. The molecule has 16 heavy (non-hydrogen) atoms. The van der Waals surface area contributed by atoms with Crippen molar-refractivity contribution in [1.82, 2.24) is 9.55 Å². The third-order valence-corrected chi connectivity index (χ3v) is 2.98. The Kier molecular flexibility index (Phi) is 2.39. The van der Waals surface area contributed by atoms with Crippen molar-refractivity contribution in [2.24, 2.45) is 12.8 Å². The first-order chi connectivity index (χ1) is 7.45. The Morgan fingerprint density at radius 3 is 2.75 bits per heavy atom. The number of phenols is 1. The molecule has 86 valence electrons. The second-order valence-electron chi connectivity index (χ2n) is 4.76. The van der Waals surface area contributed by atoms with Gasteiger partial charge in [0.15, 0.2) is 0 Å². The average molecular weight is 219 g/mol. The van der Waals surface area contributed by atoms with Crippen molar-refractivity contribution in [3.05, 3.63) is 24.0 Å². The highest BCUT2D eigenvalue weighted by molar-refractivity contribution is 5.77. The molecule has 0 aliphatic rings. The van der Waals surface area contributed by atoms with Crippen LogP contribution in [0.3, 0.4) is 0 Å². The van der Waals surface area contributed by atoms with Crippen molar-refractivity contribution in [2.75, 3.05) is 6.54 Å². The minimum absolute atomic E-state index is 0.163. The molecule has 0 saturated heterocycles. The number of aromatic hydroxyl groups is 1. The van der Waals surface area contributed by atoms with E-state index in [0.29, 0.717) is 6.54 Å². The molecule has 3 N–H and O–H groups in total. The molecule has 1 heterocycles. The topological polar surface area (TPSA) is 64.1 Å². The van der Waals surface area contributed by atoms with Gasteiger partial charge in [0.1, 0.15) is 11.6 Å². The average Bonchev–Trinajstić information content (AvgIpc) is 2.57. The molecule has 2 rings (SSSR count). The number of aryl methyl sites for hydroxylation is 1. The van der Waals surface area contributed by atoms with Crippen LogP contribution in [0.25, 0.3) is 11.0 Å². The van der Waals surface area contributed by atoms with Crippen LogP contribution in [0.2, 0.25) is 0 Å². The number of nitrogens with two attached hydrogens (primary N) is 1. The highest BCUT2D eigenvalue weighted by Gasteiger charge is 2.24. The predicted molar refractivity (Wildman–Crippen MR) is 64.5 cm³/mol. The summed E-state index contributed by atoms with van der Waals surface area (Å²) in [6.07, 6.45) is 0. The Labute approximate surface area is 94.7 Å². The maximum Gasteiger partial charge on any atom is 0.117 e. The van der Waals surface area contributed by atoms with Crippen LogP contribution in [-0.2, 0) is 12.5 Å². The molecule has 0 spiro atoms. The van der Waals surface area contributed by atoms with Crippen LogP contribution in [0.4, 0.5) is 0 Å². The number of nitrogens with zero attached hydrogens (tertiary/aromatic N) is 2. The van der Waals surface area contributed by atoms with Gasteiger partial charge in [-0.15, -0.1) is 0 Å². The van der Waals surface area contributed by atoms with Gasteiger partial charge in [-0.1, -0.05) is 13.8 Å². The van der Waals surface area contributed by atoms with Crippen molar-refractivity contribution in [1.29, 1.82) is 0 Å². The van der Waals surface area contributed by atoms with E-state index in [0.717, 1.165) is 16.9 Å². The summed E-state index contributed by atoms with van der Waals surface area (Å²) in [5.41, 5.74) is 7.41. The standard InChI is InChI=1S/C12H17N3O/c1-12(2,7-13)11-14-9-5-4-8(16)6-10(9)15(11)3/h4-6,16H,7,13H2,1-3H3. The number of fused-ring (bicyclic) bond motifs is 1. The van der Waals surface area contributed by atoms with Gasteiger partial charge in [0.2, 0.25) is 0 Å². The largest absolute Gasteiger partial charge is 0.508 e. The minimum atomic E-state index is -0.163. The summed E-state index contributed by atoms with van der Waals surface area (Å²) in [4.78, 5) is 4.57. The molecule has 2 aromatic rings. The van der Waals surface area contributed by atoms with Crippen molar-refractivity contribution < 1.29 is 5.11 Å². The summed E-state index contributed by atoms with van der Waals surface area (Å²) in [7, 11) is 1.95. The first-order valence-corrected chi connectivity index (χ1v) is 5.32. The van der Waals surface area contributed by atoms with Crippen LogP contribution in [-0.4, -0.2) is 21.2 Å². The van der Waals surface area contributed by atoms with Gasteiger partial charge in [0.05, 0.1) is 11.0 Å². The Morgan fingerprint density at radius 1 is 1.44 bits per heavy atom. The molecule has 0 fully saturated rings. The number of hydrogen-bond donors (Lipinski definition) is 2. The fourth-order valence-corrected chi connectivity index (χ4v) is 1.87. The summed E-state index contributed by atoms with van der Waals surface area (Å²) >= 11 is 0. The Bertz CT molecular complexity index is 528. The van der Waals surface area contributed by atoms with E-state index in [1.165, 1.54) is 0 Å². The highest BCUT2D eigenvalue weighted by Crippen LogP contribution is 2.26. The third kappa shape index (κ3) is 1.55. The normalized spacial score (nSPS) is 12.2. The van der Waals surface area contributed by atoms with Gasteiger partial charge in [-0.05, 0) is 12.1 Å². The Balaban J connectivity index is 2.70. The lowest BCUT2D eigenvalue weighted by molar-refractivity contribution is 0.475. The summed E-state index contributed by atoms with van der Waals surface area (Å²) in [5.74, 6) is 1.20. The van der Waals surface area contributed by atoms with Crippen molar-refractivity contribution in [3.8, 4) is 5.75 Å². The zero-order chi connectivity index (χ0) is 11.9. The second-order valence-corrected chi connectivity index (χ2v) is 4.76. The molecule has 0 bridgehead atoms. The molecule has 0 atom stereocenters. The van der Waals surface area contributed by atoms with E-state index >= 15 is 0 Å². The summed E-state index contributed by atoms with van der Waals surface area (Å²) in [6, 6.07) is 5.19. The van der Waals surface area contributed by atoms with Gasteiger partial charge >= 0.3 is 0 Å². The summed E-state index contributed by atoms with van der Waals surface area (Å²) in [5, 5.41) is 9.46. The van der Waals surface area contributed by atoms with E-state index in [-0.39, 0.29) is 11.2 Å². The molecular formula is C12H17N3O. The second kappa shape index (κ2) is 3.49. The van der Waals surface area contributed by atoms with Gasteiger partial charge < -0.3 is 15.4 Å². The summed E-state index contributed by atoms with van der Waals surface area (Å²) < 4.78 is 1.99. The number of aromatic nitrogens is 2. The maximum absolute atomic E-state index is 9.46. The molecule has 0 amide bonds. The lowest BCUT2D eigenvalue weighted by Gasteiger charge is -2.21. The minimum Gasteiger partial charge on any atom is -0.508 e.